The van der Waals surface area contributed by atoms with Crippen LogP contribution in [0.5, 0.6) is 0 Å². The van der Waals surface area contributed by atoms with E-state index in [4.69, 9.17) is 46.9 Å². The van der Waals surface area contributed by atoms with E-state index in [2.05, 4.69) is 28.6 Å². The summed E-state index contributed by atoms with van der Waals surface area (Å²) in [5.74, 6) is -1.50. The number of aliphatic hydroxyl groups is 2. The first-order valence-corrected chi connectivity index (χ1v) is 18.5. The van der Waals surface area contributed by atoms with Gasteiger partial charge in [-0.25, -0.2) is 0 Å². The molecule has 2 aromatic carbocycles. The summed E-state index contributed by atoms with van der Waals surface area (Å²) < 4.78 is 26.9. The molecule has 0 saturated heterocycles. The van der Waals surface area contributed by atoms with Crippen molar-refractivity contribution in [1.82, 2.24) is 10.2 Å². The number of carbonyl (C=O) groups excluding carboxylic acids is 3. The number of hydrogen-bond acceptors (Lipinski definition) is 11. The first-order chi connectivity index (χ1) is 25.1. The molecule has 3 atom stereocenters. The maximum absolute atomic E-state index is 12.6. The number of ketones is 1. The van der Waals surface area contributed by atoms with Gasteiger partial charge in [-0.05, 0) is 67.8 Å². The van der Waals surface area contributed by atoms with E-state index in [1.807, 2.05) is 31.2 Å². The summed E-state index contributed by atoms with van der Waals surface area (Å²) in [5.41, 5.74) is 4.00. The second kappa shape index (κ2) is 24.6. The van der Waals surface area contributed by atoms with Crippen LogP contribution in [-0.4, -0.2) is 131 Å². The lowest BCUT2D eigenvalue weighted by Crippen LogP contribution is -2.46. The van der Waals surface area contributed by atoms with Gasteiger partial charge in [0.25, 0.3) is 5.91 Å². The van der Waals surface area contributed by atoms with Crippen molar-refractivity contribution in [1.29, 1.82) is 0 Å². The zero-order valence-electron chi connectivity index (χ0n) is 30.1. The Morgan fingerprint density at radius 2 is 1.48 bits per heavy atom. The van der Waals surface area contributed by atoms with Crippen molar-refractivity contribution < 1.29 is 48.3 Å². The third-order valence-electron chi connectivity index (χ3n) is 8.23. The van der Waals surface area contributed by atoms with E-state index in [9.17, 15) is 24.6 Å². The van der Waals surface area contributed by atoms with Gasteiger partial charge in [-0.2, -0.15) is 0 Å². The van der Waals surface area contributed by atoms with Crippen LogP contribution in [0, 0.1) is 0 Å². The summed E-state index contributed by atoms with van der Waals surface area (Å²) in [6.45, 7) is 7.23. The fourth-order valence-corrected chi connectivity index (χ4v) is 6.16. The molecule has 2 amide bonds. The Bertz CT molecular complexity index is 1400. The standard InChI is InChI=1S/C37H53Cl2N3O10/c1-3-48-15-16-51-14-11-40-37(47)36(46)35(45)33(43)9-5-12-49-17-19-52-20-18-50-13-6-10-34(44)41-28-8-4-7-26(21-28)30-24-42(2)25-31-29(30)22-27(38)23-32(31)39/h4,7-8,21-23,30,35-36,45-46H,3,5-6,9-20,24-25H2,1-2H3,(H,40,47)(H,41,44). The van der Waals surface area contributed by atoms with Gasteiger partial charge in [0.1, 0.15) is 6.10 Å². The minimum Gasteiger partial charge on any atom is -0.382 e. The molecule has 0 radical (unpaired) electrons. The van der Waals surface area contributed by atoms with Gasteiger partial charge >= 0.3 is 0 Å². The lowest BCUT2D eigenvalue weighted by molar-refractivity contribution is -0.145. The number of fused-ring (bicyclic) bond motifs is 1. The molecule has 2 aromatic rings. The van der Waals surface area contributed by atoms with Crippen molar-refractivity contribution in [2.75, 3.05) is 91.5 Å². The SMILES string of the molecule is CCOCCOCCNC(=O)C(O)C(O)C(=O)CCCOCCOCCOCCCC(=O)Nc1cccc(C2CN(C)Cc3c(Cl)cc(Cl)cc32)c1. The topological polar surface area (TPSA) is 165 Å². The number of rotatable bonds is 26. The Labute approximate surface area is 316 Å². The molecule has 3 unspecified atom stereocenters. The highest BCUT2D eigenvalue weighted by molar-refractivity contribution is 6.35. The molecule has 52 heavy (non-hydrogen) atoms. The number of carbonyl (C=O) groups is 3. The minimum atomic E-state index is -1.86. The van der Waals surface area contributed by atoms with Crippen LogP contribution < -0.4 is 10.6 Å². The molecule has 15 heteroatoms. The lowest BCUT2D eigenvalue weighted by Gasteiger charge is -2.33. The number of benzene rings is 2. The van der Waals surface area contributed by atoms with E-state index in [0.29, 0.717) is 82.2 Å². The van der Waals surface area contributed by atoms with Crippen LogP contribution in [0.3, 0.4) is 0 Å². The van der Waals surface area contributed by atoms with Crippen LogP contribution in [0.4, 0.5) is 5.69 Å². The molecule has 3 rings (SSSR count). The van der Waals surface area contributed by atoms with E-state index in [-0.39, 0.29) is 38.0 Å². The van der Waals surface area contributed by atoms with Gasteiger partial charge in [-0.15, -0.1) is 0 Å². The van der Waals surface area contributed by atoms with Crippen LogP contribution in [0.2, 0.25) is 10.0 Å². The fraction of sp³-hybridized carbons (Fsp3) is 0.595. The van der Waals surface area contributed by atoms with Gasteiger partial charge in [0.15, 0.2) is 11.9 Å². The summed E-state index contributed by atoms with van der Waals surface area (Å²) in [6.07, 6.45) is -2.53. The summed E-state index contributed by atoms with van der Waals surface area (Å²) in [4.78, 5) is 38.9. The van der Waals surface area contributed by atoms with Gasteiger partial charge < -0.3 is 49.4 Å². The predicted octanol–water partition coefficient (Wildman–Crippen LogP) is 3.58. The minimum absolute atomic E-state index is 0.0517. The number of amides is 2. The first kappa shape index (κ1) is 43.7. The molecular weight excluding hydrogens is 717 g/mol. The number of Topliss-reactive ketones (excluding diaryl/α,β-unsaturated/α-hetero) is 1. The summed E-state index contributed by atoms with van der Waals surface area (Å²) in [7, 11) is 2.06. The number of anilines is 1. The van der Waals surface area contributed by atoms with Gasteiger partial charge in [0.2, 0.25) is 5.91 Å². The molecular formula is C37H53Cl2N3O10. The normalized spacial score (nSPS) is 15.5. The largest absolute Gasteiger partial charge is 0.382 e. The molecule has 0 aliphatic carbocycles. The highest BCUT2D eigenvalue weighted by Crippen LogP contribution is 2.38. The average Bonchev–Trinajstić information content (AvgIpc) is 3.12. The van der Waals surface area contributed by atoms with Crippen molar-refractivity contribution in [3.8, 4) is 0 Å². The van der Waals surface area contributed by atoms with Crippen LogP contribution in [-0.2, 0) is 44.6 Å². The fourth-order valence-electron chi connectivity index (χ4n) is 5.59. The Morgan fingerprint density at radius 1 is 0.846 bits per heavy atom. The van der Waals surface area contributed by atoms with Crippen LogP contribution >= 0.6 is 23.2 Å². The maximum Gasteiger partial charge on any atom is 0.252 e. The first-order valence-electron chi connectivity index (χ1n) is 17.7. The second-order valence-electron chi connectivity index (χ2n) is 12.4. The molecule has 0 aromatic heterocycles. The molecule has 0 fully saturated rings. The summed E-state index contributed by atoms with van der Waals surface area (Å²) in [6, 6.07) is 11.6. The summed E-state index contributed by atoms with van der Waals surface area (Å²) >= 11 is 12.9. The van der Waals surface area contributed by atoms with E-state index in [1.165, 1.54) is 0 Å². The van der Waals surface area contributed by atoms with Crippen LogP contribution in [0.25, 0.3) is 0 Å². The van der Waals surface area contributed by atoms with Gasteiger partial charge in [0.05, 0.1) is 46.2 Å². The number of halogens is 2. The third kappa shape index (κ3) is 15.7. The second-order valence-corrected chi connectivity index (χ2v) is 13.2. The molecule has 1 heterocycles. The van der Waals surface area contributed by atoms with Crippen molar-refractivity contribution >= 4 is 46.5 Å². The monoisotopic (exact) mass is 769 g/mol. The zero-order chi connectivity index (χ0) is 37.7. The van der Waals surface area contributed by atoms with Crippen molar-refractivity contribution in [3.63, 3.8) is 0 Å². The zero-order valence-corrected chi connectivity index (χ0v) is 31.6. The van der Waals surface area contributed by atoms with Crippen LogP contribution in [0.1, 0.15) is 55.2 Å². The number of hydrogen-bond donors (Lipinski definition) is 4. The van der Waals surface area contributed by atoms with Gasteiger partial charge in [0, 0.05) is 73.9 Å². The van der Waals surface area contributed by atoms with Crippen molar-refractivity contribution in [2.45, 2.75) is 57.3 Å². The quantitative estimate of drug-likeness (QED) is 0.103. The highest BCUT2D eigenvalue weighted by atomic mass is 35.5. The molecule has 4 N–H and O–H groups in total. The van der Waals surface area contributed by atoms with Crippen molar-refractivity contribution in [2.24, 2.45) is 0 Å². The molecule has 0 bridgehead atoms. The van der Waals surface area contributed by atoms with E-state index in [0.717, 1.165) is 35.5 Å². The van der Waals surface area contributed by atoms with E-state index < -0.39 is 23.9 Å². The third-order valence-corrected chi connectivity index (χ3v) is 8.79. The molecule has 0 spiro atoms. The van der Waals surface area contributed by atoms with Crippen molar-refractivity contribution in [3.05, 3.63) is 63.1 Å². The average molecular weight is 771 g/mol. The number of nitrogens with one attached hydrogen (secondary N) is 2. The predicted molar refractivity (Wildman–Crippen MR) is 198 cm³/mol. The van der Waals surface area contributed by atoms with Crippen LogP contribution in [0.15, 0.2) is 36.4 Å². The number of ether oxygens (including phenoxy) is 5. The Kier molecular flexibility index (Phi) is 20.7. The maximum atomic E-state index is 12.6. The van der Waals surface area contributed by atoms with Gasteiger partial charge in [-0.1, -0.05) is 35.3 Å². The Hall–Kier alpha value is -2.69. The smallest absolute Gasteiger partial charge is 0.252 e. The van der Waals surface area contributed by atoms with E-state index in [1.54, 1.807) is 6.07 Å². The van der Waals surface area contributed by atoms with E-state index >= 15 is 0 Å². The molecule has 1 aliphatic heterocycles. The molecule has 1 aliphatic rings. The highest BCUT2D eigenvalue weighted by Gasteiger charge is 2.30. The van der Waals surface area contributed by atoms with Gasteiger partial charge in [-0.3, -0.25) is 14.4 Å². The Morgan fingerprint density at radius 3 is 2.17 bits per heavy atom. The Balaban J connectivity index is 1.18. The number of likely N-dealkylation sites (N-methyl/N-ethyl adjacent to an activating group) is 1. The lowest BCUT2D eigenvalue weighted by atomic mass is 9.84. The number of nitrogens with zero attached hydrogens (tertiary/aromatic N) is 1. The molecule has 0 saturated carbocycles. The molecule has 13 nitrogen and oxygen atoms in total. The number of aliphatic hydroxyl groups excluding tert-OH is 2. The summed E-state index contributed by atoms with van der Waals surface area (Å²) in [5, 5.41) is 26.6. The molecule has 290 valence electrons.